The Morgan fingerprint density at radius 3 is 1.64 bits per heavy atom. The van der Waals surface area contributed by atoms with E-state index in [-0.39, 0.29) is 0 Å². The summed E-state index contributed by atoms with van der Waals surface area (Å²) in [7, 11) is 0. The zero-order valence-electron chi connectivity index (χ0n) is 13.7. The standard InChI is InChI=1S/C23H18O2/c24-23-22(19-14-8-3-9-15-19)21(18-12-6-2-7-13-18)20(16-25-23)17-10-4-1-5-11-17/h1-16,23-24H. The molecule has 0 amide bonds. The molecule has 0 spiro atoms. The lowest BCUT2D eigenvalue weighted by molar-refractivity contribution is -0.00297. The van der Waals surface area contributed by atoms with Gasteiger partial charge in [0.25, 0.3) is 0 Å². The highest BCUT2D eigenvalue weighted by molar-refractivity contribution is 6.15. The van der Waals surface area contributed by atoms with Crippen LogP contribution in [0.5, 0.6) is 0 Å². The maximum Gasteiger partial charge on any atom is 0.224 e. The number of hydrogen-bond donors (Lipinski definition) is 1. The SMILES string of the molecule is OC1OC=C(c2ccccc2)C(c2ccccc2)=C1c1ccccc1. The summed E-state index contributed by atoms with van der Waals surface area (Å²) in [6.45, 7) is 0. The van der Waals surface area contributed by atoms with Crippen molar-refractivity contribution in [2.45, 2.75) is 6.29 Å². The summed E-state index contributed by atoms with van der Waals surface area (Å²) in [4.78, 5) is 0. The fourth-order valence-corrected chi connectivity index (χ4v) is 3.18. The lowest BCUT2D eigenvalue weighted by Crippen LogP contribution is -2.17. The molecule has 4 rings (SSSR count). The van der Waals surface area contributed by atoms with Crippen LogP contribution in [0.4, 0.5) is 0 Å². The van der Waals surface area contributed by atoms with Crippen LogP contribution in [0.1, 0.15) is 16.7 Å². The summed E-state index contributed by atoms with van der Waals surface area (Å²) < 4.78 is 5.60. The molecule has 1 aliphatic rings. The molecule has 1 heterocycles. The van der Waals surface area contributed by atoms with E-state index in [1.54, 1.807) is 6.26 Å². The van der Waals surface area contributed by atoms with Gasteiger partial charge in [-0.2, -0.15) is 0 Å². The van der Waals surface area contributed by atoms with E-state index < -0.39 is 6.29 Å². The van der Waals surface area contributed by atoms with Crippen molar-refractivity contribution in [3.8, 4) is 0 Å². The van der Waals surface area contributed by atoms with Crippen LogP contribution in [-0.2, 0) is 4.74 Å². The molecule has 0 fully saturated rings. The van der Waals surface area contributed by atoms with Crippen molar-refractivity contribution in [1.82, 2.24) is 0 Å². The topological polar surface area (TPSA) is 29.5 Å². The van der Waals surface area contributed by atoms with Crippen LogP contribution in [-0.4, -0.2) is 11.4 Å². The van der Waals surface area contributed by atoms with Crippen molar-refractivity contribution in [3.05, 3.63) is 114 Å². The van der Waals surface area contributed by atoms with Crippen LogP contribution in [0.15, 0.2) is 97.3 Å². The fraction of sp³-hybridized carbons (Fsp3) is 0.0435. The Balaban J connectivity index is 1.99. The Bertz CT molecular complexity index is 910. The van der Waals surface area contributed by atoms with Gasteiger partial charge in [0.1, 0.15) is 0 Å². The first-order valence-electron chi connectivity index (χ1n) is 8.29. The number of ether oxygens (including phenoxy) is 1. The molecule has 1 N–H and O–H groups in total. The second-order valence-corrected chi connectivity index (χ2v) is 5.91. The zero-order valence-corrected chi connectivity index (χ0v) is 13.7. The smallest absolute Gasteiger partial charge is 0.224 e. The molecule has 122 valence electrons. The molecule has 3 aromatic carbocycles. The third-order valence-corrected chi connectivity index (χ3v) is 4.33. The van der Waals surface area contributed by atoms with Crippen LogP contribution in [0.2, 0.25) is 0 Å². The maximum absolute atomic E-state index is 10.6. The van der Waals surface area contributed by atoms with Gasteiger partial charge >= 0.3 is 0 Å². The lowest BCUT2D eigenvalue weighted by atomic mass is 9.85. The minimum Gasteiger partial charge on any atom is -0.468 e. The summed E-state index contributed by atoms with van der Waals surface area (Å²) in [6.07, 6.45) is 0.666. The summed E-state index contributed by atoms with van der Waals surface area (Å²) >= 11 is 0. The molecule has 0 radical (unpaired) electrons. The molecule has 0 bridgehead atoms. The number of aliphatic hydroxyl groups excluding tert-OH is 1. The van der Waals surface area contributed by atoms with Crippen LogP contribution in [0, 0.1) is 0 Å². The Morgan fingerprint density at radius 2 is 1.08 bits per heavy atom. The number of rotatable bonds is 3. The van der Waals surface area contributed by atoms with Crippen LogP contribution >= 0.6 is 0 Å². The van der Waals surface area contributed by atoms with E-state index in [4.69, 9.17) is 4.74 Å². The van der Waals surface area contributed by atoms with Gasteiger partial charge in [-0.25, -0.2) is 0 Å². The third-order valence-electron chi connectivity index (χ3n) is 4.33. The molecule has 2 heteroatoms. The van der Waals surface area contributed by atoms with E-state index in [1.165, 1.54) is 0 Å². The fourth-order valence-electron chi connectivity index (χ4n) is 3.18. The van der Waals surface area contributed by atoms with Gasteiger partial charge in [0.15, 0.2) is 0 Å². The normalized spacial score (nSPS) is 17.0. The molecule has 0 aliphatic carbocycles. The molecular weight excluding hydrogens is 308 g/mol. The lowest BCUT2D eigenvalue weighted by Gasteiger charge is -2.27. The molecule has 1 unspecified atom stereocenters. The van der Waals surface area contributed by atoms with Gasteiger partial charge in [-0.1, -0.05) is 91.0 Å². The molecule has 0 aromatic heterocycles. The Morgan fingerprint density at radius 1 is 0.600 bits per heavy atom. The van der Waals surface area contributed by atoms with Gasteiger partial charge in [0, 0.05) is 16.7 Å². The van der Waals surface area contributed by atoms with E-state index in [9.17, 15) is 5.11 Å². The number of benzene rings is 3. The van der Waals surface area contributed by atoms with Gasteiger partial charge in [-0.15, -0.1) is 0 Å². The van der Waals surface area contributed by atoms with Crippen molar-refractivity contribution >= 4 is 16.7 Å². The highest BCUT2D eigenvalue weighted by Gasteiger charge is 2.27. The third kappa shape index (κ3) is 3.00. The quantitative estimate of drug-likeness (QED) is 0.735. The molecule has 2 nitrogen and oxygen atoms in total. The van der Waals surface area contributed by atoms with E-state index >= 15 is 0 Å². The molecule has 25 heavy (non-hydrogen) atoms. The first-order chi connectivity index (χ1) is 12.3. The number of hydrogen-bond acceptors (Lipinski definition) is 2. The predicted molar refractivity (Wildman–Crippen MR) is 101 cm³/mol. The van der Waals surface area contributed by atoms with E-state index in [2.05, 4.69) is 24.3 Å². The molecule has 1 atom stereocenters. The largest absolute Gasteiger partial charge is 0.468 e. The van der Waals surface area contributed by atoms with Gasteiger partial charge in [0.05, 0.1) is 6.26 Å². The summed E-state index contributed by atoms with van der Waals surface area (Å²) in [6, 6.07) is 30.2. The average Bonchev–Trinajstić information content (AvgIpc) is 2.70. The molecule has 1 aliphatic heterocycles. The van der Waals surface area contributed by atoms with E-state index in [0.29, 0.717) is 0 Å². The van der Waals surface area contributed by atoms with Crippen molar-refractivity contribution in [1.29, 1.82) is 0 Å². The highest BCUT2D eigenvalue weighted by atomic mass is 16.6. The predicted octanol–water partition coefficient (Wildman–Crippen LogP) is 4.99. The van der Waals surface area contributed by atoms with E-state index in [1.807, 2.05) is 66.7 Å². The van der Waals surface area contributed by atoms with Crippen molar-refractivity contribution in [3.63, 3.8) is 0 Å². The first-order valence-corrected chi connectivity index (χ1v) is 8.29. The summed E-state index contributed by atoms with van der Waals surface area (Å²) in [5, 5.41) is 10.6. The Kier molecular flexibility index (Phi) is 4.19. The summed E-state index contributed by atoms with van der Waals surface area (Å²) in [5.41, 5.74) is 5.82. The molecular formula is C23H18O2. The van der Waals surface area contributed by atoms with Gasteiger partial charge < -0.3 is 9.84 Å². The molecule has 3 aromatic rings. The number of aliphatic hydroxyl groups is 1. The Labute approximate surface area is 147 Å². The van der Waals surface area contributed by atoms with Crippen molar-refractivity contribution in [2.75, 3.05) is 0 Å². The second-order valence-electron chi connectivity index (χ2n) is 5.91. The van der Waals surface area contributed by atoms with Crippen molar-refractivity contribution in [2.24, 2.45) is 0 Å². The van der Waals surface area contributed by atoms with Gasteiger partial charge in [-0.3, -0.25) is 0 Å². The monoisotopic (exact) mass is 326 g/mol. The van der Waals surface area contributed by atoms with E-state index in [0.717, 1.165) is 33.4 Å². The average molecular weight is 326 g/mol. The van der Waals surface area contributed by atoms with Crippen LogP contribution in [0.3, 0.4) is 0 Å². The second kappa shape index (κ2) is 6.80. The van der Waals surface area contributed by atoms with Crippen LogP contribution < -0.4 is 0 Å². The van der Waals surface area contributed by atoms with Crippen molar-refractivity contribution < 1.29 is 9.84 Å². The molecule has 0 saturated carbocycles. The zero-order chi connectivity index (χ0) is 17.1. The maximum atomic E-state index is 10.6. The minimum absolute atomic E-state index is 0.785. The Hall–Kier alpha value is -3.10. The number of allylic oxidation sites excluding steroid dienone is 2. The summed E-state index contributed by atoms with van der Waals surface area (Å²) in [5.74, 6) is 0. The molecule has 0 saturated heterocycles. The first kappa shape index (κ1) is 15.4. The minimum atomic E-state index is -0.995. The van der Waals surface area contributed by atoms with Crippen LogP contribution in [0.25, 0.3) is 16.7 Å². The van der Waals surface area contributed by atoms with Gasteiger partial charge in [-0.05, 0) is 16.7 Å². The van der Waals surface area contributed by atoms with Gasteiger partial charge in [0.2, 0.25) is 6.29 Å². The highest BCUT2D eigenvalue weighted by Crippen LogP contribution is 2.42.